The zero-order valence-corrected chi connectivity index (χ0v) is 12.4. The third-order valence-corrected chi connectivity index (χ3v) is 2.85. The van der Waals surface area contributed by atoms with Gasteiger partial charge in [-0.1, -0.05) is 35.5 Å². The molecular weight excluding hydrogens is 264 g/mol. The highest BCUT2D eigenvalue weighted by atomic mass is 16.6. The maximum Gasteiger partial charge on any atom is 0.170 e. The molecule has 0 aliphatic rings. The minimum atomic E-state index is 0.306. The highest BCUT2D eigenvalue weighted by Crippen LogP contribution is 2.06. The van der Waals surface area contributed by atoms with E-state index >= 15 is 0 Å². The molecule has 0 fully saturated rings. The predicted molar refractivity (Wildman–Crippen MR) is 83.6 cm³/mol. The first kappa shape index (κ1) is 15.0. The van der Waals surface area contributed by atoms with Crippen molar-refractivity contribution in [3.63, 3.8) is 0 Å². The second-order valence-corrected chi connectivity index (χ2v) is 5.01. The van der Waals surface area contributed by atoms with Gasteiger partial charge in [0.15, 0.2) is 12.4 Å². The van der Waals surface area contributed by atoms with E-state index in [-0.39, 0.29) is 0 Å². The molecule has 1 heterocycles. The first-order valence-electron chi connectivity index (χ1n) is 6.74. The Labute approximate surface area is 125 Å². The normalized spacial score (nSPS) is 11.7. The van der Waals surface area contributed by atoms with Crippen LogP contribution in [0.1, 0.15) is 16.8 Å². The Morgan fingerprint density at radius 2 is 1.95 bits per heavy atom. The number of hydrogen-bond donors (Lipinski definition) is 1. The van der Waals surface area contributed by atoms with Crippen LogP contribution in [-0.4, -0.2) is 29.8 Å². The lowest BCUT2D eigenvalue weighted by molar-refractivity contribution is 0.127. The van der Waals surface area contributed by atoms with Crippen molar-refractivity contribution < 1.29 is 4.84 Å². The fourth-order valence-electron chi connectivity index (χ4n) is 1.85. The van der Waals surface area contributed by atoms with Crippen molar-refractivity contribution in [3.8, 4) is 0 Å². The maximum atomic E-state index is 5.90. The van der Waals surface area contributed by atoms with E-state index in [4.69, 9.17) is 10.6 Å². The van der Waals surface area contributed by atoms with Crippen LogP contribution in [0.4, 0.5) is 0 Å². The number of benzene rings is 1. The number of hydrogen-bond acceptors (Lipinski definition) is 4. The molecule has 0 spiro atoms. The van der Waals surface area contributed by atoms with E-state index in [9.17, 15) is 0 Å². The summed E-state index contributed by atoms with van der Waals surface area (Å²) in [5.41, 5.74) is 8.79. The molecule has 5 heteroatoms. The molecule has 2 N–H and O–H groups in total. The summed E-state index contributed by atoms with van der Waals surface area (Å²) < 4.78 is 0. The molecule has 0 saturated carbocycles. The van der Waals surface area contributed by atoms with Crippen molar-refractivity contribution >= 4 is 5.84 Å². The third kappa shape index (κ3) is 4.89. The molecule has 2 rings (SSSR count). The van der Waals surface area contributed by atoms with Gasteiger partial charge >= 0.3 is 0 Å². The number of nitrogens with zero attached hydrogens (tertiary/aromatic N) is 3. The summed E-state index contributed by atoms with van der Waals surface area (Å²) in [6.45, 7) is 1.20. The minimum absolute atomic E-state index is 0.306. The average Bonchev–Trinajstić information content (AvgIpc) is 2.48. The van der Waals surface area contributed by atoms with Gasteiger partial charge in [-0.05, 0) is 31.8 Å². The Morgan fingerprint density at radius 1 is 1.19 bits per heavy atom. The summed E-state index contributed by atoms with van der Waals surface area (Å²) in [7, 11) is 4.07. The summed E-state index contributed by atoms with van der Waals surface area (Å²) in [5, 5.41) is 3.92. The number of rotatable bonds is 6. The lowest BCUT2D eigenvalue weighted by atomic mass is 10.1. The number of amidine groups is 1. The van der Waals surface area contributed by atoms with Crippen LogP contribution in [0.2, 0.25) is 0 Å². The average molecular weight is 284 g/mol. The first-order chi connectivity index (χ1) is 10.1. The van der Waals surface area contributed by atoms with E-state index in [2.05, 4.69) is 15.0 Å². The van der Waals surface area contributed by atoms with Gasteiger partial charge in [0.1, 0.15) is 0 Å². The van der Waals surface area contributed by atoms with E-state index in [1.165, 1.54) is 5.56 Å². The van der Waals surface area contributed by atoms with Crippen LogP contribution in [-0.2, 0) is 18.0 Å². The number of aromatic nitrogens is 1. The molecule has 0 atom stereocenters. The lowest BCUT2D eigenvalue weighted by Crippen LogP contribution is -2.15. The van der Waals surface area contributed by atoms with Crippen LogP contribution < -0.4 is 5.73 Å². The summed E-state index contributed by atoms with van der Waals surface area (Å²) in [6, 6.07) is 13.6. The zero-order valence-electron chi connectivity index (χ0n) is 12.4. The van der Waals surface area contributed by atoms with Gasteiger partial charge in [-0.15, -0.1) is 0 Å². The van der Waals surface area contributed by atoms with Crippen LogP contribution in [0.15, 0.2) is 53.8 Å². The molecular formula is C16H20N4O. The van der Waals surface area contributed by atoms with Gasteiger partial charge in [0.2, 0.25) is 0 Å². The highest BCUT2D eigenvalue weighted by molar-refractivity contribution is 5.97. The van der Waals surface area contributed by atoms with Crippen LogP contribution in [0.25, 0.3) is 0 Å². The van der Waals surface area contributed by atoms with Gasteiger partial charge in [-0.2, -0.15) is 0 Å². The maximum absolute atomic E-state index is 5.90. The van der Waals surface area contributed by atoms with E-state index in [1.54, 1.807) is 6.20 Å². The van der Waals surface area contributed by atoms with Crippen molar-refractivity contribution in [1.29, 1.82) is 0 Å². The quantitative estimate of drug-likeness (QED) is 0.500. The van der Waals surface area contributed by atoms with E-state index in [0.717, 1.165) is 17.8 Å². The van der Waals surface area contributed by atoms with Crippen LogP contribution >= 0.6 is 0 Å². The van der Waals surface area contributed by atoms with Gasteiger partial charge < -0.3 is 15.5 Å². The van der Waals surface area contributed by atoms with Crippen molar-refractivity contribution in [3.05, 3.63) is 65.5 Å². The molecule has 0 radical (unpaired) electrons. The Hall–Kier alpha value is -2.40. The minimum Gasteiger partial charge on any atom is -0.388 e. The first-order valence-corrected chi connectivity index (χ1v) is 6.74. The predicted octanol–water partition coefficient (Wildman–Crippen LogP) is 1.98. The molecule has 0 amide bonds. The molecule has 0 aliphatic carbocycles. The Balaban J connectivity index is 1.92. The van der Waals surface area contributed by atoms with E-state index in [1.807, 2.05) is 56.6 Å². The molecule has 0 saturated heterocycles. The number of oxime groups is 1. The fraction of sp³-hybridized carbons (Fsp3) is 0.250. The fourth-order valence-corrected chi connectivity index (χ4v) is 1.85. The third-order valence-electron chi connectivity index (χ3n) is 2.85. The number of pyridine rings is 1. The highest BCUT2D eigenvalue weighted by Gasteiger charge is 2.01. The van der Waals surface area contributed by atoms with Crippen molar-refractivity contribution in [2.45, 2.75) is 13.2 Å². The van der Waals surface area contributed by atoms with Gasteiger partial charge in [-0.25, -0.2) is 0 Å². The largest absolute Gasteiger partial charge is 0.388 e. The number of nitrogens with two attached hydrogens (primary N) is 1. The van der Waals surface area contributed by atoms with Gasteiger partial charge in [0.05, 0.1) is 5.69 Å². The molecule has 5 nitrogen and oxygen atoms in total. The second-order valence-electron chi connectivity index (χ2n) is 5.01. The van der Waals surface area contributed by atoms with Gasteiger partial charge in [-0.3, -0.25) is 4.98 Å². The summed E-state index contributed by atoms with van der Waals surface area (Å²) in [6.07, 6.45) is 1.72. The SMILES string of the molecule is CN(C)Cc1ccc(/C(N)=N/OCc2ccccn2)cc1. The van der Waals surface area contributed by atoms with E-state index in [0.29, 0.717) is 12.4 Å². The lowest BCUT2D eigenvalue weighted by Gasteiger charge is -2.09. The standard InChI is InChI=1S/C16H20N4O/c1-20(2)11-13-6-8-14(9-7-13)16(17)19-21-12-15-5-3-4-10-18-15/h3-10H,11-12H2,1-2H3,(H2,17,19). The molecule has 0 bridgehead atoms. The Bertz CT molecular complexity index is 579. The summed E-state index contributed by atoms with van der Waals surface area (Å²) in [4.78, 5) is 11.5. The molecule has 2 aromatic rings. The van der Waals surface area contributed by atoms with Crippen LogP contribution in [0.5, 0.6) is 0 Å². The molecule has 1 aromatic carbocycles. The van der Waals surface area contributed by atoms with Crippen LogP contribution in [0.3, 0.4) is 0 Å². The van der Waals surface area contributed by atoms with Gasteiger partial charge in [0, 0.05) is 18.3 Å². The Morgan fingerprint density at radius 3 is 2.57 bits per heavy atom. The van der Waals surface area contributed by atoms with Crippen molar-refractivity contribution in [2.75, 3.05) is 14.1 Å². The second kappa shape index (κ2) is 7.40. The summed E-state index contributed by atoms with van der Waals surface area (Å²) >= 11 is 0. The molecule has 1 aromatic heterocycles. The molecule has 0 aliphatic heterocycles. The monoisotopic (exact) mass is 284 g/mol. The van der Waals surface area contributed by atoms with E-state index < -0.39 is 0 Å². The molecule has 21 heavy (non-hydrogen) atoms. The molecule has 0 unspecified atom stereocenters. The molecule has 110 valence electrons. The topological polar surface area (TPSA) is 63.7 Å². The van der Waals surface area contributed by atoms with Crippen LogP contribution in [0, 0.1) is 0 Å². The Kier molecular flexibility index (Phi) is 5.29. The van der Waals surface area contributed by atoms with Crippen molar-refractivity contribution in [2.24, 2.45) is 10.9 Å². The smallest absolute Gasteiger partial charge is 0.170 e. The summed E-state index contributed by atoms with van der Waals surface area (Å²) in [5.74, 6) is 0.363. The zero-order chi connectivity index (χ0) is 15.1. The van der Waals surface area contributed by atoms with Gasteiger partial charge in [0.25, 0.3) is 0 Å². The van der Waals surface area contributed by atoms with Crippen molar-refractivity contribution in [1.82, 2.24) is 9.88 Å².